The summed E-state index contributed by atoms with van der Waals surface area (Å²) in [6, 6.07) is 16.6. The van der Waals surface area contributed by atoms with Crippen LogP contribution >= 0.6 is 0 Å². The number of fused-ring (bicyclic) bond motifs is 1. The number of rotatable bonds is 4. The summed E-state index contributed by atoms with van der Waals surface area (Å²) in [5.74, 6) is -0.304. The minimum absolute atomic E-state index is 0.0688. The van der Waals surface area contributed by atoms with Gasteiger partial charge in [-0.1, -0.05) is 42.5 Å². The molecule has 0 unspecified atom stereocenters. The van der Waals surface area contributed by atoms with Gasteiger partial charge in [0.15, 0.2) is 0 Å². The summed E-state index contributed by atoms with van der Waals surface area (Å²) in [5, 5.41) is 6.51. The number of amides is 3. The summed E-state index contributed by atoms with van der Waals surface area (Å²) in [4.78, 5) is 41.9. The molecule has 2 aromatic carbocycles. The number of anilines is 1. The zero-order valence-electron chi connectivity index (χ0n) is 17.9. The quantitative estimate of drug-likeness (QED) is 0.797. The van der Waals surface area contributed by atoms with Crippen molar-refractivity contribution in [3.63, 3.8) is 0 Å². The molecule has 2 atom stereocenters. The normalized spacial score (nSPS) is 21.5. The molecule has 1 spiro atoms. The van der Waals surface area contributed by atoms with Crippen molar-refractivity contribution < 1.29 is 14.4 Å². The van der Waals surface area contributed by atoms with Gasteiger partial charge in [0.05, 0.1) is 5.56 Å². The number of para-hydroxylation sites is 1. The molecule has 0 radical (unpaired) electrons. The smallest absolute Gasteiger partial charge is 0.255 e. The van der Waals surface area contributed by atoms with E-state index in [4.69, 9.17) is 0 Å². The van der Waals surface area contributed by atoms with Crippen LogP contribution in [0.4, 0.5) is 5.69 Å². The van der Waals surface area contributed by atoms with Gasteiger partial charge in [-0.3, -0.25) is 14.4 Å². The Labute approximate surface area is 182 Å². The van der Waals surface area contributed by atoms with E-state index >= 15 is 0 Å². The molecule has 1 fully saturated rings. The Hall–Kier alpha value is -3.35. The number of carbonyl (C=O) groups is 3. The van der Waals surface area contributed by atoms with Crippen LogP contribution in [0.3, 0.4) is 0 Å². The Balaban J connectivity index is 1.45. The summed E-state index contributed by atoms with van der Waals surface area (Å²) in [6.07, 6.45) is 1.26. The first-order chi connectivity index (χ1) is 14.9. The van der Waals surface area contributed by atoms with Gasteiger partial charge >= 0.3 is 0 Å². The third-order valence-electron chi connectivity index (χ3n) is 6.23. The van der Waals surface area contributed by atoms with Crippen LogP contribution in [0.1, 0.15) is 42.1 Å². The van der Waals surface area contributed by atoms with E-state index in [1.165, 1.54) is 0 Å². The Morgan fingerprint density at radius 1 is 1.06 bits per heavy atom. The molecule has 2 aromatic rings. The topological polar surface area (TPSA) is 81.8 Å². The SMILES string of the molecule is C[C@H](C(=O)N(C)Cc1ccccc1)N1CC[C@]2(CCC1=O)NC(=O)c1ccccc1N2. The highest BCUT2D eigenvalue weighted by Gasteiger charge is 2.42. The van der Waals surface area contributed by atoms with Gasteiger partial charge in [-0.2, -0.15) is 0 Å². The highest BCUT2D eigenvalue weighted by Crippen LogP contribution is 2.32. The van der Waals surface area contributed by atoms with Crippen LogP contribution in [0.5, 0.6) is 0 Å². The van der Waals surface area contributed by atoms with E-state index in [0.29, 0.717) is 31.5 Å². The van der Waals surface area contributed by atoms with E-state index in [1.807, 2.05) is 48.5 Å². The molecule has 2 heterocycles. The van der Waals surface area contributed by atoms with Crippen molar-refractivity contribution in [2.75, 3.05) is 18.9 Å². The number of likely N-dealkylation sites (tertiary alicyclic amines) is 1. The lowest BCUT2D eigenvalue weighted by atomic mass is 9.95. The number of nitrogens with zero attached hydrogens (tertiary/aromatic N) is 2. The first-order valence-electron chi connectivity index (χ1n) is 10.7. The number of nitrogens with one attached hydrogen (secondary N) is 2. The van der Waals surface area contributed by atoms with E-state index in [2.05, 4.69) is 10.6 Å². The van der Waals surface area contributed by atoms with Crippen LogP contribution in [0.25, 0.3) is 0 Å². The third kappa shape index (κ3) is 4.26. The van der Waals surface area contributed by atoms with Crippen molar-refractivity contribution in [3.05, 3.63) is 65.7 Å². The molecule has 0 aliphatic carbocycles. The molecule has 0 aromatic heterocycles. The molecule has 7 nitrogen and oxygen atoms in total. The lowest BCUT2D eigenvalue weighted by Gasteiger charge is -2.40. The maximum absolute atomic E-state index is 13.0. The van der Waals surface area contributed by atoms with Crippen molar-refractivity contribution in [3.8, 4) is 0 Å². The second-order valence-corrected chi connectivity index (χ2v) is 8.40. The molecule has 2 N–H and O–H groups in total. The second kappa shape index (κ2) is 8.41. The number of benzene rings is 2. The molecule has 162 valence electrons. The highest BCUT2D eigenvalue weighted by molar-refractivity contribution is 6.02. The largest absolute Gasteiger partial charge is 0.362 e. The van der Waals surface area contributed by atoms with E-state index in [0.717, 1.165) is 11.3 Å². The molecule has 31 heavy (non-hydrogen) atoms. The van der Waals surface area contributed by atoms with Crippen molar-refractivity contribution >= 4 is 23.4 Å². The average molecular weight is 421 g/mol. The Morgan fingerprint density at radius 3 is 2.55 bits per heavy atom. The van der Waals surface area contributed by atoms with E-state index in [-0.39, 0.29) is 24.1 Å². The van der Waals surface area contributed by atoms with E-state index in [9.17, 15) is 14.4 Å². The zero-order chi connectivity index (χ0) is 22.0. The van der Waals surface area contributed by atoms with E-state index in [1.54, 1.807) is 29.8 Å². The number of hydrogen-bond acceptors (Lipinski definition) is 4. The second-order valence-electron chi connectivity index (χ2n) is 8.40. The Morgan fingerprint density at radius 2 is 1.77 bits per heavy atom. The monoisotopic (exact) mass is 420 g/mol. The first kappa shape index (κ1) is 20.9. The fourth-order valence-electron chi connectivity index (χ4n) is 4.44. The summed E-state index contributed by atoms with van der Waals surface area (Å²) < 4.78 is 0. The van der Waals surface area contributed by atoms with Gasteiger partial charge in [0.2, 0.25) is 11.8 Å². The highest BCUT2D eigenvalue weighted by atomic mass is 16.2. The average Bonchev–Trinajstić information content (AvgIpc) is 2.92. The summed E-state index contributed by atoms with van der Waals surface area (Å²) in [6.45, 7) is 2.66. The minimum atomic E-state index is -0.686. The first-order valence-corrected chi connectivity index (χ1v) is 10.7. The molecular formula is C24H28N4O3. The molecule has 2 aliphatic heterocycles. The predicted molar refractivity (Wildman–Crippen MR) is 118 cm³/mol. The lowest BCUT2D eigenvalue weighted by Crippen LogP contribution is -2.58. The molecule has 7 heteroatoms. The maximum atomic E-state index is 13.0. The zero-order valence-corrected chi connectivity index (χ0v) is 17.9. The van der Waals surface area contributed by atoms with Crippen molar-refractivity contribution in [1.29, 1.82) is 0 Å². The van der Waals surface area contributed by atoms with Gasteiger partial charge in [-0.05, 0) is 31.0 Å². The molecule has 1 saturated heterocycles. The summed E-state index contributed by atoms with van der Waals surface area (Å²) in [7, 11) is 1.76. The van der Waals surface area contributed by atoms with Gasteiger partial charge in [0.25, 0.3) is 5.91 Å². The van der Waals surface area contributed by atoms with Crippen molar-refractivity contribution in [1.82, 2.24) is 15.1 Å². The Kier molecular flexibility index (Phi) is 5.67. The molecule has 2 aliphatic rings. The van der Waals surface area contributed by atoms with Crippen LogP contribution in [0, 0.1) is 0 Å². The molecule has 4 rings (SSSR count). The van der Waals surface area contributed by atoms with Gasteiger partial charge in [-0.15, -0.1) is 0 Å². The molecular weight excluding hydrogens is 392 g/mol. The van der Waals surface area contributed by atoms with Crippen LogP contribution in [-0.2, 0) is 16.1 Å². The standard InChI is InChI=1S/C24H28N4O3/c1-17(23(31)27(2)16-18-8-4-3-5-9-18)28-15-14-24(13-12-21(28)29)25-20-11-7-6-10-19(20)22(30)26-24/h3-11,17,25H,12-16H2,1-2H3,(H,26,30)/t17-,24+/m1/s1. The number of carbonyl (C=O) groups excluding carboxylic acids is 3. The van der Waals surface area contributed by atoms with Gasteiger partial charge < -0.3 is 20.4 Å². The number of hydrogen-bond donors (Lipinski definition) is 2. The van der Waals surface area contributed by atoms with Crippen LogP contribution < -0.4 is 10.6 Å². The van der Waals surface area contributed by atoms with Gasteiger partial charge in [-0.25, -0.2) is 0 Å². The van der Waals surface area contributed by atoms with Crippen LogP contribution in [0.2, 0.25) is 0 Å². The lowest BCUT2D eigenvalue weighted by molar-refractivity contribution is -0.144. The number of likely N-dealkylation sites (N-methyl/N-ethyl adjacent to an activating group) is 1. The van der Waals surface area contributed by atoms with Crippen LogP contribution in [0.15, 0.2) is 54.6 Å². The fourth-order valence-corrected chi connectivity index (χ4v) is 4.44. The maximum Gasteiger partial charge on any atom is 0.255 e. The van der Waals surface area contributed by atoms with E-state index < -0.39 is 11.7 Å². The van der Waals surface area contributed by atoms with Crippen molar-refractivity contribution in [2.24, 2.45) is 0 Å². The molecule has 0 saturated carbocycles. The Bertz CT molecular complexity index is 993. The van der Waals surface area contributed by atoms with Gasteiger partial charge in [0, 0.05) is 38.7 Å². The van der Waals surface area contributed by atoms with Crippen LogP contribution in [-0.4, -0.2) is 52.8 Å². The minimum Gasteiger partial charge on any atom is -0.362 e. The molecule has 0 bridgehead atoms. The predicted octanol–water partition coefficient (Wildman–Crippen LogP) is 2.60. The summed E-state index contributed by atoms with van der Waals surface area (Å²) in [5.41, 5.74) is 1.74. The fraction of sp³-hybridized carbons (Fsp3) is 0.375. The molecule has 3 amide bonds. The van der Waals surface area contributed by atoms with Gasteiger partial charge in [0.1, 0.15) is 11.7 Å². The third-order valence-corrected chi connectivity index (χ3v) is 6.23. The van der Waals surface area contributed by atoms with Crippen molar-refractivity contribution in [2.45, 2.75) is 44.4 Å². The summed E-state index contributed by atoms with van der Waals surface area (Å²) >= 11 is 0.